The van der Waals surface area contributed by atoms with Gasteiger partial charge in [-0.25, -0.2) is 4.98 Å². The molecule has 3 rings (SSSR count). The summed E-state index contributed by atoms with van der Waals surface area (Å²) in [4.78, 5) is 28.9. The zero-order chi connectivity index (χ0) is 21.1. The van der Waals surface area contributed by atoms with Crippen LogP contribution in [-0.4, -0.2) is 22.0 Å². The molecule has 2 amide bonds. The molecule has 3 aromatic rings. The van der Waals surface area contributed by atoms with Gasteiger partial charge in [-0.2, -0.15) is 0 Å². The van der Waals surface area contributed by atoms with Crippen molar-refractivity contribution < 1.29 is 9.59 Å². The van der Waals surface area contributed by atoms with Crippen molar-refractivity contribution in [2.45, 2.75) is 50.6 Å². The van der Waals surface area contributed by atoms with Crippen LogP contribution in [0.15, 0.2) is 34.7 Å². The van der Waals surface area contributed by atoms with Crippen LogP contribution in [0.25, 0.3) is 10.2 Å². The molecule has 5 nitrogen and oxygen atoms in total. The van der Waals surface area contributed by atoms with Gasteiger partial charge in [0.2, 0.25) is 11.8 Å². The molecule has 0 unspecified atom stereocenters. The number of nitrogens with zero attached hydrogens (tertiary/aromatic N) is 1. The quantitative estimate of drug-likeness (QED) is 0.496. The first-order valence-electron chi connectivity index (χ1n) is 9.52. The third kappa shape index (κ3) is 5.16. The number of fused-ring (bicyclic) bond motifs is 1. The van der Waals surface area contributed by atoms with Crippen molar-refractivity contribution >= 4 is 56.5 Å². The van der Waals surface area contributed by atoms with Gasteiger partial charge in [0.05, 0.1) is 15.5 Å². The smallest absolute Gasteiger partial charge is 0.237 e. The predicted molar refractivity (Wildman–Crippen MR) is 123 cm³/mol. The van der Waals surface area contributed by atoms with Crippen molar-refractivity contribution in [3.63, 3.8) is 0 Å². The molecular weight excluding hydrogens is 402 g/mol. The fourth-order valence-electron chi connectivity index (χ4n) is 3.09. The SMILES string of the molecule is CCC(=O)Nc1ccc2nc(S[C@@H](C)C(=O)Nc3c(C)cc(C)cc3C)sc2c1. The highest BCUT2D eigenvalue weighted by Gasteiger charge is 2.19. The average Bonchev–Trinajstić information content (AvgIpc) is 3.05. The van der Waals surface area contributed by atoms with E-state index in [1.165, 1.54) is 28.7 Å². The Morgan fingerprint density at radius 1 is 1.10 bits per heavy atom. The summed E-state index contributed by atoms with van der Waals surface area (Å²) in [6.45, 7) is 9.78. The number of carbonyl (C=O) groups excluding carboxylic acids is 2. The van der Waals surface area contributed by atoms with Crippen LogP contribution < -0.4 is 10.6 Å². The van der Waals surface area contributed by atoms with E-state index in [0.717, 1.165) is 37.1 Å². The molecular formula is C22H25N3O2S2. The molecule has 0 saturated carbocycles. The fraction of sp³-hybridized carbons (Fsp3) is 0.318. The summed E-state index contributed by atoms with van der Waals surface area (Å²) in [6, 6.07) is 9.81. The Labute approximate surface area is 179 Å². The average molecular weight is 428 g/mol. The van der Waals surface area contributed by atoms with Crippen molar-refractivity contribution in [1.29, 1.82) is 0 Å². The van der Waals surface area contributed by atoms with E-state index in [0.29, 0.717) is 6.42 Å². The molecule has 2 N–H and O–H groups in total. The number of rotatable bonds is 6. The molecule has 1 atom stereocenters. The third-order valence-corrected chi connectivity index (χ3v) is 6.76. The van der Waals surface area contributed by atoms with Crippen LogP contribution in [0.2, 0.25) is 0 Å². The van der Waals surface area contributed by atoms with Gasteiger partial charge >= 0.3 is 0 Å². The zero-order valence-electron chi connectivity index (χ0n) is 17.3. The first-order chi connectivity index (χ1) is 13.8. The van der Waals surface area contributed by atoms with E-state index in [1.807, 2.05) is 45.9 Å². The highest BCUT2D eigenvalue weighted by atomic mass is 32.2. The van der Waals surface area contributed by atoms with Crippen molar-refractivity contribution in [3.05, 3.63) is 47.0 Å². The summed E-state index contributed by atoms with van der Waals surface area (Å²) in [6.07, 6.45) is 0.439. The highest BCUT2D eigenvalue weighted by Crippen LogP contribution is 2.34. The monoisotopic (exact) mass is 427 g/mol. The minimum absolute atomic E-state index is 0.0181. The molecule has 0 saturated heterocycles. The Morgan fingerprint density at radius 3 is 2.45 bits per heavy atom. The number of carbonyl (C=O) groups is 2. The van der Waals surface area contributed by atoms with Gasteiger partial charge in [0.15, 0.2) is 4.34 Å². The van der Waals surface area contributed by atoms with Gasteiger partial charge in [0, 0.05) is 17.8 Å². The lowest BCUT2D eigenvalue weighted by Gasteiger charge is -2.15. The molecule has 0 aliphatic rings. The molecule has 0 spiro atoms. The van der Waals surface area contributed by atoms with E-state index >= 15 is 0 Å². The molecule has 0 bridgehead atoms. The van der Waals surface area contributed by atoms with Crippen LogP contribution >= 0.6 is 23.1 Å². The summed E-state index contributed by atoms with van der Waals surface area (Å²) in [7, 11) is 0. The number of hydrogen-bond acceptors (Lipinski definition) is 5. The van der Waals surface area contributed by atoms with Crippen molar-refractivity contribution in [3.8, 4) is 0 Å². The van der Waals surface area contributed by atoms with Gasteiger partial charge in [-0.3, -0.25) is 9.59 Å². The maximum atomic E-state index is 12.7. The number of aryl methyl sites for hydroxylation is 3. The summed E-state index contributed by atoms with van der Waals surface area (Å²) in [5.74, 6) is -0.0596. The van der Waals surface area contributed by atoms with E-state index in [-0.39, 0.29) is 17.1 Å². The Balaban J connectivity index is 1.71. The Morgan fingerprint density at radius 2 is 1.79 bits per heavy atom. The summed E-state index contributed by atoms with van der Waals surface area (Å²) < 4.78 is 1.82. The van der Waals surface area contributed by atoms with Gasteiger partial charge in [-0.1, -0.05) is 36.4 Å². The molecule has 0 aliphatic carbocycles. The maximum Gasteiger partial charge on any atom is 0.237 e. The van der Waals surface area contributed by atoms with Crippen LogP contribution in [0.1, 0.15) is 37.0 Å². The van der Waals surface area contributed by atoms with Gasteiger partial charge in [-0.15, -0.1) is 11.3 Å². The summed E-state index contributed by atoms with van der Waals surface area (Å²) >= 11 is 2.97. The number of anilines is 2. The number of thiazole rings is 1. The number of aromatic nitrogens is 1. The second-order valence-corrected chi connectivity index (χ2v) is 9.71. The van der Waals surface area contributed by atoms with Gasteiger partial charge < -0.3 is 10.6 Å². The largest absolute Gasteiger partial charge is 0.326 e. The third-order valence-electron chi connectivity index (χ3n) is 4.55. The van der Waals surface area contributed by atoms with Crippen LogP contribution in [0.3, 0.4) is 0 Å². The molecule has 152 valence electrons. The first-order valence-corrected chi connectivity index (χ1v) is 11.2. The maximum absolute atomic E-state index is 12.7. The Hall–Kier alpha value is -2.38. The Kier molecular flexibility index (Phi) is 6.59. The van der Waals surface area contributed by atoms with Gasteiger partial charge in [0.25, 0.3) is 0 Å². The van der Waals surface area contributed by atoms with Gasteiger partial charge in [0.1, 0.15) is 0 Å². The fourth-order valence-corrected chi connectivity index (χ4v) is 5.34. The van der Waals surface area contributed by atoms with E-state index in [2.05, 4.69) is 34.7 Å². The summed E-state index contributed by atoms with van der Waals surface area (Å²) in [5, 5.41) is 5.65. The first kappa shape index (κ1) is 21.3. The van der Waals surface area contributed by atoms with Gasteiger partial charge in [-0.05, 0) is 57.0 Å². The number of amides is 2. The van der Waals surface area contributed by atoms with Crippen molar-refractivity contribution in [2.24, 2.45) is 0 Å². The van der Waals surface area contributed by atoms with Crippen molar-refractivity contribution in [2.75, 3.05) is 10.6 Å². The summed E-state index contributed by atoms with van der Waals surface area (Å²) in [5.41, 5.74) is 5.83. The number of hydrogen-bond donors (Lipinski definition) is 2. The molecule has 2 aromatic carbocycles. The predicted octanol–water partition coefficient (Wildman–Crippen LogP) is 5.69. The molecule has 1 aromatic heterocycles. The minimum atomic E-state index is -0.282. The van der Waals surface area contributed by atoms with Crippen LogP contribution in [0, 0.1) is 20.8 Å². The molecule has 7 heteroatoms. The highest BCUT2D eigenvalue weighted by molar-refractivity contribution is 8.02. The Bertz CT molecular complexity index is 1050. The number of benzene rings is 2. The molecule has 0 fully saturated rings. The molecule has 1 heterocycles. The number of nitrogens with one attached hydrogen (secondary N) is 2. The standard InChI is InChI=1S/C22H25N3O2S2/c1-6-19(26)23-16-7-8-17-18(11-16)29-22(24-17)28-15(5)21(27)25-20-13(3)9-12(2)10-14(20)4/h7-11,15H,6H2,1-5H3,(H,23,26)(H,25,27)/t15-/m0/s1. The van der Waals surface area contributed by atoms with E-state index in [1.54, 1.807) is 0 Å². The number of thioether (sulfide) groups is 1. The lowest BCUT2D eigenvalue weighted by Crippen LogP contribution is -2.23. The molecule has 29 heavy (non-hydrogen) atoms. The van der Waals surface area contributed by atoms with Crippen LogP contribution in [-0.2, 0) is 9.59 Å². The minimum Gasteiger partial charge on any atom is -0.326 e. The van der Waals surface area contributed by atoms with E-state index in [4.69, 9.17) is 0 Å². The van der Waals surface area contributed by atoms with Crippen molar-refractivity contribution in [1.82, 2.24) is 4.98 Å². The van der Waals surface area contributed by atoms with Crippen LogP contribution in [0.4, 0.5) is 11.4 Å². The second kappa shape index (κ2) is 8.97. The second-order valence-electron chi connectivity index (χ2n) is 7.09. The molecule has 0 radical (unpaired) electrons. The topological polar surface area (TPSA) is 71.1 Å². The van der Waals surface area contributed by atoms with Crippen LogP contribution in [0.5, 0.6) is 0 Å². The van der Waals surface area contributed by atoms with E-state index in [9.17, 15) is 9.59 Å². The molecule has 0 aliphatic heterocycles. The lowest BCUT2D eigenvalue weighted by atomic mass is 10.1. The van der Waals surface area contributed by atoms with E-state index < -0.39 is 0 Å². The zero-order valence-corrected chi connectivity index (χ0v) is 18.9. The normalized spacial score (nSPS) is 12.0. The lowest BCUT2D eigenvalue weighted by molar-refractivity contribution is -0.116.